The van der Waals surface area contributed by atoms with Crippen LogP contribution in [0.4, 0.5) is 0 Å². The summed E-state index contributed by atoms with van der Waals surface area (Å²) in [4.78, 5) is 41.7. The zero-order valence-electron chi connectivity index (χ0n) is 23.3. The molecule has 2 N–H and O–H groups in total. The molecule has 0 radical (unpaired) electrons. The number of nitrogens with two attached hydrogens (primary N) is 1. The highest BCUT2D eigenvalue weighted by Crippen LogP contribution is 2.55. The number of ether oxygens (including phenoxy) is 1. The first kappa shape index (κ1) is 28.8. The fourth-order valence-electron chi connectivity index (χ4n) is 6.37. The Hall–Kier alpha value is -2.71. The number of hydrogen-bond donors (Lipinski definition) is 1. The van der Waals surface area contributed by atoms with E-state index in [1.807, 2.05) is 30.3 Å². The zero-order valence-corrected chi connectivity index (χ0v) is 26.4. The van der Waals surface area contributed by atoms with Crippen molar-refractivity contribution in [2.24, 2.45) is 16.6 Å². The molecule has 2 aromatic rings. The van der Waals surface area contributed by atoms with Crippen molar-refractivity contribution in [2.45, 2.75) is 65.8 Å². The first-order valence-corrected chi connectivity index (χ1v) is 15.1. The molecule has 0 aromatic heterocycles. The minimum absolute atomic E-state index is 0.0831. The molecule has 1 heterocycles. The van der Waals surface area contributed by atoms with Crippen molar-refractivity contribution in [3.63, 3.8) is 0 Å². The van der Waals surface area contributed by atoms with Gasteiger partial charge in [-0.05, 0) is 78.8 Å². The van der Waals surface area contributed by atoms with Crippen LogP contribution in [0.1, 0.15) is 70.4 Å². The molecule has 0 atom stereocenters. The van der Waals surface area contributed by atoms with Crippen LogP contribution in [0.15, 0.2) is 74.0 Å². The molecule has 40 heavy (non-hydrogen) atoms. The topological polar surface area (TPSA) is 89.7 Å². The Balaban J connectivity index is 1.73. The van der Waals surface area contributed by atoms with E-state index in [0.29, 0.717) is 45.2 Å². The first-order chi connectivity index (χ1) is 18.8. The number of carbonyl (C=O) groups excluding carboxylic acids is 3. The van der Waals surface area contributed by atoms with Crippen LogP contribution in [0.5, 0.6) is 5.75 Å². The van der Waals surface area contributed by atoms with Crippen molar-refractivity contribution in [3.05, 3.63) is 85.1 Å². The SMILES string of the molecule is CC1(C)CC(=O)C2=C(C1)N(Cc1ccccc1)C1=C(C(=O)CC(C)(C)C1)C2c1cc(Br)c(OCC(N)=O)c(Br)c1. The van der Waals surface area contributed by atoms with Gasteiger partial charge >= 0.3 is 0 Å². The van der Waals surface area contributed by atoms with Gasteiger partial charge in [0, 0.05) is 47.8 Å². The predicted octanol–water partition coefficient (Wildman–Crippen LogP) is 6.96. The molecular weight excluding hydrogens is 636 g/mol. The summed E-state index contributed by atoms with van der Waals surface area (Å²) in [5.74, 6) is -0.453. The van der Waals surface area contributed by atoms with E-state index in [4.69, 9.17) is 10.5 Å². The van der Waals surface area contributed by atoms with Gasteiger partial charge in [0.2, 0.25) is 0 Å². The third kappa shape index (κ3) is 5.57. The minimum atomic E-state index is -0.580. The molecule has 5 rings (SSSR count). The summed E-state index contributed by atoms with van der Waals surface area (Å²) < 4.78 is 6.86. The fourth-order valence-corrected chi connectivity index (χ4v) is 7.82. The number of benzene rings is 2. The molecule has 6 nitrogen and oxygen atoms in total. The van der Waals surface area contributed by atoms with E-state index in [0.717, 1.165) is 35.4 Å². The normalized spacial score (nSPS) is 20.4. The second kappa shape index (κ2) is 10.6. The highest BCUT2D eigenvalue weighted by atomic mass is 79.9. The molecule has 2 aromatic carbocycles. The Labute approximate surface area is 252 Å². The highest BCUT2D eigenvalue weighted by Gasteiger charge is 2.49. The van der Waals surface area contributed by atoms with Gasteiger partial charge in [0.25, 0.3) is 5.91 Å². The average molecular weight is 670 g/mol. The average Bonchev–Trinajstić information content (AvgIpc) is 2.83. The van der Waals surface area contributed by atoms with Crippen molar-refractivity contribution >= 4 is 49.3 Å². The van der Waals surface area contributed by atoms with Crippen LogP contribution in [0.25, 0.3) is 0 Å². The Morgan fingerprint density at radius 3 is 1.88 bits per heavy atom. The summed E-state index contributed by atoms with van der Waals surface area (Å²) in [6.07, 6.45) is 2.33. The van der Waals surface area contributed by atoms with Crippen LogP contribution < -0.4 is 10.5 Å². The molecule has 210 valence electrons. The summed E-state index contributed by atoms with van der Waals surface area (Å²) in [6, 6.07) is 14.0. The second-order valence-corrected chi connectivity index (χ2v) is 14.4. The largest absolute Gasteiger partial charge is 0.481 e. The van der Waals surface area contributed by atoms with Gasteiger partial charge in [-0.25, -0.2) is 0 Å². The van der Waals surface area contributed by atoms with Gasteiger partial charge in [-0.15, -0.1) is 0 Å². The number of hydrogen-bond acceptors (Lipinski definition) is 5. The molecule has 0 saturated carbocycles. The molecule has 0 saturated heterocycles. The number of allylic oxidation sites excluding steroid dienone is 4. The number of rotatable bonds is 6. The molecule has 2 aliphatic carbocycles. The summed E-state index contributed by atoms with van der Waals surface area (Å²) in [5, 5.41) is 0. The maximum Gasteiger partial charge on any atom is 0.255 e. The Bertz CT molecular complexity index is 1400. The molecule has 3 aliphatic rings. The van der Waals surface area contributed by atoms with E-state index >= 15 is 0 Å². The Kier molecular flexibility index (Phi) is 7.64. The Morgan fingerprint density at radius 1 is 0.900 bits per heavy atom. The lowest BCUT2D eigenvalue weighted by Crippen LogP contribution is -2.44. The lowest BCUT2D eigenvalue weighted by atomic mass is 9.63. The highest BCUT2D eigenvalue weighted by molar-refractivity contribution is 9.11. The van der Waals surface area contributed by atoms with Crippen LogP contribution in [-0.4, -0.2) is 29.0 Å². The molecular formula is C32H34Br2N2O4. The van der Waals surface area contributed by atoms with Crippen molar-refractivity contribution in [1.82, 2.24) is 4.90 Å². The molecule has 0 bridgehead atoms. The van der Waals surface area contributed by atoms with Gasteiger partial charge in [0.05, 0.1) is 8.95 Å². The van der Waals surface area contributed by atoms with Gasteiger partial charge < -0.3 is 15.4 Å². The van der Waals surface area contributed by atoms with E-state index in [1.54, 1.807) is 0 Å². The zero-order chi connectivity index (χ0) is 29.0. The first-order valence-electron chi connectivity index (χ1n) is 13.5. The molecule has 8 heteroatoms. The van der Waals surface area contributed by atoms with Crippen LogP contribution in [-0.2, 0) is 20.9 Å². The Morgan fingerprint density at radius 2 is 1.40 bits per heavy atom. The van der Waals surface area contributed by atoms with Gasteiger partial charge in [0.15, 0.2) is 18.2 Å². The molecule has 0 fully saturated rings. The predicted molar refractivity (Wildman–Crippen MR) is 161 cm³/mol. The van der Waals surface area contributed by atoms with E-state index in [9.17, 15) is 14.4 Å². The van der Waals surface area contributed by atoms with Crippen molar-refractivity contribution < 1.29 is 19.1 Å². The quantitative estimate of drug-likeness (QED) is 0.359. The summed E-state index contributed by atoms with van der Waals surface area (Å²) in [6.45, 7) is 8.90. The maximum absolute atomic E-state index is 14.0. The lowest BCUT2D eigenvalue weighted by Gasteiger charge is -2.49. The van der Waals surface area contributed by atoms with Gasteiger partial charge in [-0.3, -0.25) is 14.4 Å². The minimum Gasteiger partial charge on any atom is -0.481 e. The number of amides is 1. The summed E-state index contributed by atoms with van der Waals surface area (Å²) >= 11 is 7.19. The van der Waals surface area contributed by atoms with Crippen molar-refractivity contribution in [1.29, 1.82) is 0 Å². The van der Waals surface area contributed by atoms with Crippen molar-refractivity contribution in [2.75, 3.05) is 6.61 Å². The number of nitrogens with zero attached hydrogens (tertiary/aromatic N) is 1. The van der Waals surface area contributed by atoms with Gasteiger partial charge in [-0.2, -0.15) is 0 Å². The molecule has 1 amide bonds. The monoisotopic (exact) mass is 668 g/mol. The number of primary amides is 1. The van der Waals surface area contributed by atoms with Crippen LogP contribution >= 0.6 is 31.9 Å². The van der Waals surface area contributed by atoms with Crippen molar-refractivity contribution in [3.8, 4) is 5.75 Å². The van der Waals surface area contributed by atoms with E-state index in [1.165, 1.54) is 0 Å². The lowest BCUT2D eigenvalue weighted by molar-refractivity contribution is -0.121. The third-order valence-corrected chi connectivity index (χ3v) is 9.10. The standard InChI is InChI=1S/C32H34Br2N2O4/c1-31(2)12-22-28(24(37)14-31)27(19-10-20(33)30(21(34)11-19)40-17-26(35)39)29-23(13-32(3,4)15-25(29)38)36(22)16-18-8-6-5-7-9-18/h5-11,27H,12-17H2,1-4H3,(H2,35,39). The van der Waals surface area contributed by atoms with E-state index < -0.39 is 11.8 Å². The number of carbonyl (C=O) groups is 3. The van der Waals surface area contributed by atoms with Gasteiger partial charge in [-0.1, -0.05) is 58.0 Å². The molecule has 0 spiro atoms. The number of ketones is 2. The van der Waals surface area contributed by atoms with Gasteiger partial charge in [0.1, 0.15) is 5.75 Å². The van der Waals surface area contributed by atoms with Crippen LogP contribution in [0.2, 0.25) is 0 Å². The third-order valence-electron chi connectivity index (χ3n) is 7.92. The second-order valence-electron chi connectivity index (χ2n) is 12.7. The summed E-state index contributed by atoms with van der Waals surface area (Å²) in [7, 11) is 0. The van der Waals surface area contributed by atoms with E-state index in [2.05, 4.69) is 76.6 Å². The van der Waals surface area contributed by atoms with E-state index in [-0.39, 0.29) is 29.0 Å². The number of halogens is 2. The van der Waals surface area contributed by atoms with Crippen LogP contribution in [0, 0.1) is 10.8 Å². The van der Waals surface area contributed by atoms with Crippen LogP contribution in [0.3, 0.4) is 0 Å². The molecule has 1 aliphatic heterocycles. The summed E-state index contributed by atoms with van der Waals surface area (Å²) in [5.41, 5.74) is 10.3. The maximum atomic E-state index is 14.0. The number of Topliss-reactive ketones (excluding diaryl/α,β-unsaturated/α-hetero) is 2. The fraction of sp³-hybridized carbons (Fsp3) is 0.406. The molecule has 0 unspecified atom stereocenters. The smallest absolute Gasteiger partial charge is 0.255 e.